The molecule has 37 heavy (non-hydrogen) atoms. The van der Waals surface area contributed by atoms with Gasteiger partial charge in [-0.25, -0.2) is 4.79 Å². The molecule has 0 amide bonds. The first-order chi connectivity index (χ1) is 17.8. The molecule has 0 aliphatic rings. The highest BCUT2D eigenvalue weighted by atomic mass is 32.2. The number of aromatic carboxylic acids is 1. The molecule has 1 heterocycles. The molecule has 0 atom stereocenters. The fraction of sp³-hybridized carbons (Fsp3) is 0. The number of hydrogen-bond donors (Lipinski definition) is 1. The minimum atomic E-state index is -1.30. The van der Waals surface area contributed by atoms with E-state index >= 15 is 0 Å². The van der Waals surface area contributed by atoms with Gasteiger partial charge in [-0.15, -0.1) is 11.3 Å². The number of nitrogens with zero attached hydrogens (tertiary/aromatic N) is 2. The van der Waals surface area contributed by atoms with E-state index in [0.29, 0.717) is 15.0 Å². The van der Waals surface area contributed by atoms with Crippen molar-refractivity contribution in [1.29, 1.82) is 0 Å². The Bertz CT molecular complexity index is 1720. The van der Waals surface area contributed by atoms with Gasteiger partial charge in [0.25, 0.3) is 11.4 Å². The maximum absolute atomic E-state index is 12.3. The molecular weight excluding hydrogens is 516 g/mol. The van der Waals surface area contributed by atoms with Crippen LogP contribution in [0.4, 0.5) is 11.4 Å². The standard InChI is InChI=1S/C13H9NO4S.C13H7NO3S/c15-13(16)12-10(14(17)18)7-4-8-11(12)19-9-5-2-1-3-6-9;15-13-8-4-1-2-6-10(8)18-11-7-3-5-9(12(11)13)14(16)17/h1-8H,(H,15,16);1-7H. The summed E-state index contributed by atoms with van der Waals surface area (Å²) in [5.41, 5.74) is -1.07. The Labute approximate surface area is 216 Å². The molecule has 0 aliphatic heterocycles. The van der Waals surface area contributed by atoms with Crippen molar-refractivity contribution in [2.75, 3.05) is 0 Å². The van der Waals surface area contributed by atoms with Crippen LogP contribution in [0.3, 0.4) is 0 Å². The van der Waals surface area contributed by atoms with Crippen molar-refractivity contribution >= 4 is 60.6 Å². The van der Waals surface area contributed by atoms with Gasteiger partial charge in [-0.1, -0.05) is 54.2 Å². The van der Waals surface area contributed by atoms with Gasteiger partial charge >= 0.3 is 5.97 Å². The Hall–Kier alpha value is -4.61. The molecule has 1 N–H and O–H groups in total. The normalized spacial score (nSPS) is 10.5. The number of rotatable bonds is 5. The summed E-state index contributed by atoms with van der Waals surface area (Å²) in [5.74, 6) is -1.30. The number of fused-ring (bicyclic) bond motifs is 2. The number of nitro groups is 2. The van der Waals surface area contributed by atoms with Gasteiger partial charge in [0.2, 0.25) is 5.43 Å². The molecule has 0 saturated heterocycles. The van der Waals surface area contributed by atoms with Crippen molar-refractivity contribution in [2.24, 2.45) is 0 Å². The minimum Gasteiger partial charge on any atom is -0.477 e. The van der Waals surface area contributed by atoms with Crippen LogP contribution >= 0.6 is 23.1 Å². The molecule has 5 rings (SSSR count). The molecule has 11 heteroatoms. The molecule has 0 bridgehead atoms. The summed E-state index contributed by atoms with van der Waals surface area (Å²) >= 11 is 2.58. The third-order valence-electron chi connectivity index (χ3n) is 5.17. The number of hydrogen-bond acceptors (Lipinski definition) is 8. The van der Waals surface area contributed by atoms with Crippen LogP contribution in [-0.4, -0.2) is 20.9 Å². The third kappa shape index (κ3) is 5.47. The Morgan fingerprint density at radius 3 is 2.03 bits per heavy atom. The monoisotopic (exact) mass is 532 g/mol. The summed E-state index contributed by atoms with van der Waals surface area (Å²) in [5, 5.41) is 31.7. The van der Waals surface area contributed by atoms with Gasteiger partial charge < -0.3 is 5.11 Å². The van der Waals surface area contributed by atoms with E-state index in [4.69, 9.17) is 5.11 Å². The first-order valence-corrected chi connectivity index (χ1v) is 12.2. The molecule has 9 nitrogen and oxygen atoms in total. The fourth-order valence-corrected chi connectivity index (χ4v) is 5.66. The average molecular weight is 533 g/mol. The molecule has 184 valence electrons. The average Bonchev–Trinajstić information content (AvgIpc) is 2.89. The lowest BCUT2D eigenvalue weighted by molar-refractivity contribution is -0.385. The fourth-order valence-electron chi connectivity index (χ4n) is 3.57. The number of benzene rings is 4. The van der Waals surface area contributed by atoms with Crippen molar-refractivity contribution in [1.82, 2.24) is 0 Å². The van der Waals surface area contributed by atoms with E-state index in [2.05, 4.69) is 0 Å². The minimum absolute atomic E-state index is 0.125. The molecule has 0 fully saturated rings. The van der Waals surface area contributed by atoms with Crippen LogP contribution < -0.4 is 5.43 Å². The highest BCUT2D eigenvalue weighted by Crippen LogP contribution is 2.34. The van der Waals surface area contributed by atoms with E-state index in [1.807, 2.05) is 42.5 Å². The maximum atomic E-state index is 12.3. The van der Waals surface area contributed by atoms with Gasteiger partial charge in [-0.3, -0.25) is 25.0 Å². The zero-order valence-electron chi connectivity index (χ0n) is 18.8. The lowest BCUT2D eigenvalue weighted by Crippen LogP contribution is -2.04. The van der Waals surface area contributed by atoms with Crippen LogP contribution in [0, 0.1) is 20.2 Å². The van der Waals surface area contributed by atoms with Gasteiger partial charge in [-0.05, 0) is 36.4 Å². The predicted molar refractivity (Wildman–Crippen MR) is 143 cm³/mol. The highest BCUT2D eigenvalue weighted by molar-refractivity contribution is 7.99. The van der Waals surface area contributed by atoms with Crippen LogP contribution in [0.2, 0.25) is 0 Å². The van der Waals surface area contributed by atoms with Crippen molar-refractivity contribution < 1.29 is 19.7 Å². The van der Waals surface area contributed by atoms with Crippen LogP contribution in [0.1, 0.15) is 10.4 Å². The van der Waals surface area contributed by atoms with E-state index in [9.17, 15) is 29.8 Å². The van der Waals surface area contributed by atoms with E-state index < -0.39 is 21.5 Å². The molecule has 1 aromatic heterocycles. The number of nitro benzene ring substituents is 2. The summed E-state index contributed by atoms with van der Waals surface area (Å²) in [7, 11) is 0. The zero-order valence-corrected chi connectivity index (χ0v) is 20.4. The van der Waals surface area contributed by atoms with Crippen molar-refractivity contribution in [3.63, 3.8) is 0 Å². The van der Waals surface area contributed by atoms with Gasteiger partial charge in [0, 0.05) is 36.7 Å². The Morgan fingerprint density at radius 1 is 0.757 bits per heavy atom. The molecule has 0 spiro atoms. The molecule has 0 aliphatic carbocycles. The number of carboxylic acid groups (broad SMARTS) is 1. The smallest absolute Gasteiger partial charge is 0.343 e. The molecule has 5 aromatic rings. The van der Waals surface area contributed by atoms with Crippen molar-refractivity contribution in [3.05, 3.63) is 127 Å². The zero-order chi connectivity index (χ0) is 26.5. The second kappa shape index (κ2) is 11.0. The number of carbonyl (C=O) groups is 1. The summed E-state index contributed by atoms with van der Waals surface area (Å²) in [6.07, 6.45) is 0. The lowest BCUT2D eigenvalue weighted by Gasteiger charge is -2.06. The summed E-state index contributed by atoms with van der Waals surface area (Å²) in [6.45, 7) is 0. The van der Waals surface area contributed by atoms with Gasteiger partial charge in [-0.2, -0.15) is 0 Å². The topological polar surface area (TPSA) is 141 Å². The second-order valence-electron chi connectivity index (χ2n) is 7.46. The molecule has 0 unspecified atom stereocenters. The number of non-ortho nitro benzene ring substituents is 1. The Balaban J connectivity index is 0.000000173. The SMILES string of the molecule is O=C(O)c1c(Sc2ccccc2)cccc1[N+](=O)[O-].O=c1c2ccccc2sc2cccc([N+](=O)[O-])c12. The second-order valence-corrected chi connectivity index (χ2v) is 9.66. The van der Waals surface area contributed by atoms with E-state index in [-0.39, 0.29) is 22.1 Å². The summed E-state index contributed by atoms with van der Waals surface area (Å²) < 4.78 is 1.49. The van der Waals surface area contributed by atoms with E-state index in [1.54, 1.807) is 30.3 Å². The molecule has 0 saturated carbocycles. The van der Waals surface area contributed by atoms with E-state index in [0.717, 1.165) is 9.60 Å². The maximum Gasteiger partial charge on any atom is 0.343 e. The first-order valence-electron chi connectivity index (χ1n) is 10.6. The number of carboxylic acids is 1. The van der Waals surface area contributed by atoms with Crippen LogP contribution in [0.5, 0.6) is 0 Å². The predicted octanol–water partition coefficient (Wildman–Crippen LogP) is 6.77. The Kier molecular flexibility index (Phi) is 7.56. The largest absolute Gasteiger partial charge is 0.477 e. The highest BCUT2D eigenvalue weighted by Gasteiger charge is 2.24. The summed E-state index contributed by atoms with van der Waals surface area (Å²) in [4.78, 5) is 45.4. The molecular formula is C26H16N2O7S2. The quantitative estimate of drug-likeness (QED) is 0.149. The van der Waals surface area contributed by atoms with Crippen LogP contribution in [0.15, 0.2) is 106 Å². The third-order valence-corrected chi connectivity index (χ3v) is 7.37. The van der Waals surface area contributed by atoms with Gasteiger partial charge in [0.05, 0.1) is 9.85 Å². The van der Waals surface area contributed by atoms with Crippen LogP contribution in [-0.2, 0) is 0 Å². The van der Waals surface area contributed by atoms with Gasteiger partial charge in [0.15, 0.2) is 5.56 Å². The van der Waals surface area contributed by atoms with Crippen molar-refractivity contribution in [2.45, 2.75) is 9.79 Å². The first kappa shape index (κ1) is 25.5. The van der Waals surface area contributed by atoms with Gasteiger partial charge in [0.1, 0.15) is 5.39 Å². The lowest BCUT2D eigenvalue weighted by atomic mass is 10.1. The molecule has 0 radical (unpaired) electrons. The van der Waals surface area contributed by atoms with Crippen molar-refractivity contribution in [3.8, 4) is 0 Å². The Morgan fingerprint density at radius 2 is 1.35 bits per heavy atom. The van der Waals surface area contributed by atoms with E-state index in [1.165, 1.54) is 41.3 Å². The summed E-state index contributed by atoms with van der Waals surface area (Å²) in [6, 6.07) is 25.2. The molecule has 4 aromatic carbocycles. The van der Waals surface area contributed by atoms with Crippen LogP contribution in [0.25, 0.3) is 20.2 Å².